The number of aromatic nitrogens is 1. The minimum Gasteiger partial charge on any atom is -0.350 e. The minimum atomic E-state index is -0.417. The van der Waals surface area contributed by atoms with Crippen molar-refractivity contribution >= 4 is 27.4 Å². The highest BCUT2D eigenvalue weighted by Gasteiger charge is 2.19. The van der Waals surface area contributed by atoms with Crippen LogP contribution in [-0.2, 0) is 6.54 Å². The minimum absolute atomic E-state index is 0.00507. The van der Waals surface area contributed by atoms with E-state index in [2.05, 4.69) is 27.0 Å². The summed E-state index contributed by atoms with van der Waals surface area (Å²) in [5.74, 6) is 0.361. The number of aryl methyl sites for hydroxylation is 1. The molecule has 0 aliphatic carbocycles. The fourth-order valence-corrected chi connectivity index (χ4v) is 2.33. The number of nitrogens with zero attached hydrogens (tertiary/aromatic N) is 3. The van der Waals surface area contributed by atoms with Crippen molar-refractivity contribution in [3.05, 3.63) is 62.2 Å². The lowest BCUT2D eigenvalue weighted by molar-refractivity contribution is -0.384. The second kappa shape index (κ2) is 6.00. The van der Waals surface area contributed by atoms with Gasteiger partial charge in [-0.05, 0) is 28.4 Å². The number of anilines is 1. The van der Waals surface area contributed by atoms with Crippen molar-refractivity contribution in [2.45, 2.75) is 13.5 Å². The van der Waals surface area contributed by atoms with Crippen molar-refractivity contribution in [1.82, 2.24) is 4.98 Å². The Morgan fingerprint density at radius 1 is 1.40 bits per heavy atom. The van der Waals surface area contributed by atoms with Gasteiger partial charge in [0.15, 0.2) is 0 Å². The lowest BCUT2D eigenvalue weighted by Crippen LogP contribution is -2.19. The Bertz CT molecular complexity index is 646. The van der Waals surface area contributed by atoms with Gasteiger partial charge >= 0.3 is 5.69 Å². The Morgan fingerprint density at radius 2 is 2.15 bits per heavy atom. The van der Waals surface area contributed by atoms with E-state index in [1.54, 1.807) is 18.1 Å². The number of rotatable bonds is 4. The zero-order valence-corrected chi connectivity index (χ0v) is 12.8. The number of pyridine rings is 1. The lowest BCUT2D eigenvalue weighted by Gasteiger charge is -2.18. The topological polar surface area (TPSA) is 59.3 Å². The van der Waals surface area contributed by atoms with E-state index in [1.165, 1.54) is 6.07 Å². The molecule has 0 amide bonds. The van der Waals surface area contributed by atoms with Gasteiger partial charge in [-0.1, -0.05) is 29.8 Å². The normalized spacial score (nSPS) is 10.3. The molecule has 104 valence electrons. The van der Waals surface area contributed by atoms with Crippen molar-refractivity contribution in [2.24, 2.45) is 0 Å². The summed E-state index contributed by atoms with van der Waals surface area (Å²) in [6.45, 7) is 2.58. The standard InChI is InChI=1S/C14H14BrN3O2/c1-10-4-3-5-11(6-10)9-17(2)14-13(18(19)20)7-12(15)8-16-14/h3-8H,9H2,1-2H3. The van der Waals surface area contributed by atoms with Gasteiger partial charge in [-0.15, -0.1) is 0 Å². The fraction of sp³-hybridized carbons (Fsp3) is 0.214. The summed E-state index contributed by atoms with van der Waals surface area (Å²) in [7, 11) is 1.80. The molecule has 0 radical (unpaired) electrons. The van der Waals surface area contributed by atoms with Gasteiger partial charge in [0.2, 0.25) is 5.82 Å². The summed E-state index contributed by atoms with van der Waals surface area (Å²) in [4.78, 5) is 16.6. The summed E-state index contributed by atoms with van der Waals surface area (Å²) in [5, 5.41) is 11.1. The average Bonchev–Trinajstić information content (AvgIpc) is 2.38. The zero-order valence-electron chi connectivity index (χ0n) is 11.2. The van der Waals surface area contributed by atoms with Crippen LogP contribution in [0.3, 0.4) is 0 Å². The summed E-state index contributed by atoms with van der Waals surface area (Å²) in [6.07, 6.45) is 1.56. The molecule has 0 spiro atoms. The molecule has 0 saturated carbocycles. The van der Waals surface area contributed by atoms with Crippen LogP contribution in [0, 0.1) is 17.0 Å². The van der Waals surface area contributed by atoms with Gasteiger partial charge in [0.05, 0.1) is 4.92 Å². The first-order valence-corrected chi connectivity index (χ1v) is 6.83. The van der Waals surface area contributed by atoms with Crippen molar-refractivity contribution in [3.8, 4) is 0 Å². The van der Waals surface area contributed by atoms with Gasteiger partial charge < -0.3 is 4.90 Å². The monoisotopic (exact) mass is 335 g/mol. The molecule has 5 nitrogen and oxygen atoms in total. The van der Waals surface area contributed by atoms with Crippen LogP contribution in [-0.4, -0.2) is 17.0 Å². The lowest BCUT2D eigenvalue weighted by atomic mass is 10.1. The molecule has 0 unspecified atom stereocenters. The van der Waals surface area contributed by atoms with Crippen molar-refractivity contribution < 1.29 is 4.92 Å². The van der Waals surface area contributed by atoms with E-state index in [9.17, 15) is 10.1 Å². The highest BCUT2D eigenvalue weighted by molar-refractivity contribution is 9.10. The van der Waals surface area contributed by atoms with Crippen molar-refractivity contribution in [3.63, 3.8) is 0 Å². The van der Waals surface area contributed by atoms with Gasteiger partial charge in [0.25, 0.3) is 0 Å². The molecule has 1 aromatic heterocycles. The largest absolute Gasteiger partial charge is 0.350 e. The molecule has 2 rings (SSSR count). The molecule has 0 saturated heterocycles. The summed E-state index contributed by atoms with van der Waals surface area (Å²) < 4.78 is 0.594. The van der Waals surface area contributed by atoms with Crippen LogP contribution >= 0.6 is 15.9 Å². The third kappa shape index (κ3) is 3.33. The predicted molar refractivity (Wildman–Crippen MR) is 81.9 cm³/mol. The van der Waals surface area contributed by atoms with E-state index in [0.717, 1.165) is 11.1 Å². The maximum absolute atomic E-state index is 11.1. The smallest absolute Gasteiger partial charge is 0.312 e. The Labute approximate surface area is 125 Å². The second-order valence-electron chi connectivity index (χ2n) is 4.60. The molecule has 20 heavy (non-hydrogen) atoms. The zero-order chi connectivity index (χ0) is 14.7. The van der Waals surface area contributed by atoms with Gasteiger partial charge in [-0.3, -0.25) is 10.1 Å². The Kier molecular flexibility index (Phi) is 4.34. The van der Waals surface area contributed by atoms with Crippen LogP contribution < -0.4 is 4.90 Å². The van der Waals surface area contributed by atoms with E-state index in [4.69, 9.17) is 0 Å². The molecule has 0 bridgehead atoms. The molecular formula is C14H14BrN3O2. The first-order valence-electron chi connectivity index (χ1n) is 6.04. The van der Waals surface area contributed by atoms with E-state index >= 15 is 0 Å². The third-order valence-corrected chi connectivity index (χ3v) is 3.31. The van der Waals surface area contributed by atoms with Crippen LogP contribution in [0.4, 0.5) is 11.5 Å². The molecule has 0 atom stereocenters. The summed E-state index contributed by atoms with van der Waals surface area (Å²) in [5.41, 5.74) is 2.25. The Hall–Kier alpha value is -1.95. The van der Waals surface area contributed by atoms with E-state index in [1.807, 2.05) is 25.1 Å². The number of benzene rings is 1. The van der Waals surface area contributed by atoms with Crippen LogP contribution in [0.5, 0.6) is 0 Å². The molecule has 1 heterocycles. The van der Waals surface area contributed by atoms with Crippen LogP contribution in [0.25, 0.3) is 0 Å². The Balaban J connectivity index is 2.29. The van der Waals surface area contributed by atoms with Crippen LogP contribution in [0.15, 0.2) is 41.0 Å². The fourth-order valence-electron chi connectivity index (χ4n) is 2.01. The first kappa shape index (κ1) is 14.5. The SMILES string of the molecule is Cc1cccc(CN(C)c2ncc(Br)cc2[N+](=O)[O-])c1. The van der Waals surface area contributed by atoms with Gasteiger partial charge in [-0.2, -0.15) is 0 Å². The molecule has 2 aromatic rings. The van der Waals surface area contributed by atoms with Crippen molar-refractivity contribution in [1.29, 1.82) is 0 Å². The van der Waals surface area contributed by atoms with E-state index in [-0.39, 0.29) is 5.69 Å². The maximum Gasteiger partial charge on any atom is 0.312 e. The number of hydrogen-bond donors (Lipinski definition) is 0. The Morgan fingerprint density at radius 3 is 2.80 bits per heavy atom. The number of halogens is 1. The van der Waals surface area contributed by atoms with Crippen LogP contribution in [0.1, 0.15) is 11.1 Å². The van der Waals surface area contributed by atoms with E-state index in [0.29, 0.717) is 16.8 Å². The summed E-state index contributed by atoms with van der Waals surface area (Å²) in [6, 6.07) is 9.51. The molecular weight excluding hydrogens is 322 g/mol. The van der Waals surface area contributed by atoms with Crippen LogP contribution in [0.2, 0.25) is 0 Å². The predicted octanol–water partition coefficient (Wildman–Crippen LogP) is 3.70. The van der Waals surface area contributed by atoms with Gasteiger partial charge in [-0.25, -0.2) is 4.98 Å². The van der Waals surface area contributed by atoms with Gasteiger partial charge in [0.1, 0.15) is 0 Å². The highest BCUT2D eigenvalue weighted by Crippen LogP contribution is 2.28. The third-order valence-electron chi connectivity index (χ3n) is 2.87. The first-order chi connectivity index (χ1) is 9.47. The van der Waals surface area contributed by atoms with Gasteiger partial charge in [0, 0.05) is 30.3 Å². The molecule has 0 aliphatic rings. The quantitative estimate of drug-likeness (QED) is 0.631. The molecule has 0 N–H and O–H groups in total. The van der Waals surface area contributed by atoms with E-state index < -0.39 is 4.92 Å². The second-order valence-corrected chi connectivity index (χ2v) is 5.51. The molecule has 1 aromatic carbocycles. The van der Waals surface area contributed by atoms with Crippen molar-refractivity contribution in [2.75, 3.05) is 11.9 Å². The number of hydrogen-bond acceptors (Lipinski definition) is 4. The number of nitro groups is 1. The maximum atomic E-state index is 11.1. The highest BCUT2D eigenvalue weighted by atomic mass is 79.9. The molecule has 0 fully saturated rings. The molecule has 0 aliphatic heterocycles. The average molecular weight is 336 g/mol. The molecule has 6 heteroatoms. The summed E-state index contributed by atoms with van der Waals surface area (Å²) >= 11 is 3.20.